The molecule has 0 aliphatic heterocycles. The summed E-state index contributed by atoms with van der Waals surface area (Å²) in [5.74, 6) is 1.24. The maximum atomic E-state index is 11.6. The van der Waals surface area contributed by atoms with Gasteiger partial charge in [-0.3, -0.25) is 0 Å². The molecule has 0 bridgehead atoms. The van der Waals surface area contributed by atoms with Crippen molar-refractivity contribution in [1.29, 1.82) is 0 Å². The Hall–Kier alpha value is -1.55. The summed E-state index contributed by atoms with van der Waals surface area (Å²) in [6.07, 6.45) is 4.72. The van der Waals surface area contributed by atoms with E-state index in [2.05, 4.69) is 41.0 Å². The molecule has 116 valence electrons. The molecule has 1 fully saturated rings. The highest BCUT2D eigenvalue weighted by Crippen LogP contribution is 2.35. The second-order valence-corrected chi connectivity index (χ2v) is 6.07. The van der Waals surface area contributed by atoms with Gasteiger partial charge in [0, 0.05) is 6.54 Å². The molecule has 1 unspecified atom stereocenters. The molecule has 1 aliphatic rings. The van der Waals surface area contributed by atoms with Crippen LogP contribution in [-0.4, -0.2) is 30.3 Å². The van der Waals surface area contributed by atoms with Gasteiger partial charge in [0.2, 0.25) is 0 Å². The number of hydrogen-bond acceptors (Lipinski definition) is 2. The molecule has 2 amide bonds. The smallest absolute Gasteiger partial charge is 0.315 e. The topological polar surface area (TPSA) is 61.4 Å². The van der Waals surface area contributed by atoms with Crippen LogP contribution in [0.15, 0.2) is 30.3 Å². The molecule has 1 atom stereocenters. The maximum Gasteiger partial charge on any atom is 0.315 e. The summed E-state index contributed by atoms with van der Waals surface area (Å²) in [6, 6.07) is 10.3. The first-order chi connectivity index (χ1) is 10.2. The van der Waals surface area contributed by atoms with Crippen molar-refractivity contribution in [3.63, 3.8) is 0 Å². The summed E-state index contributed by atoms with van der Waals surface area (Å²) in [5, 5.41) is 14.5. The Kier molecular flexibility index (Phi) is 6.05. The van der Waals surface area contributed by atoms with Gasteiger partial charge < -0.3 is 15.7 Å². The average Bonchev–Trinajstić information content (AvgIpc) is 2.54. The van der Waals surface area contributed by atoms with Crippen LogP contribution in [0.1, 0.15) is 44.1 Å². The molecule has 0 saturated heterocycles. The van der Waals surface area contributed by atoms with E-state index in [1.165, 1.54) is 18.4 Å². The summed E-state index contributed by atoms with van der Waals surface area (Å²) in [6.45, 7) is 2.48. The third-order valence-electron chi connectivity index (χ3n) is 4.32. The van der Waals surface area contributed by atoms with Crippen molar-refractivity contribution in [2.24, 2.45) is 5.92 Å². The van der Waals surface area contributed by atoms with Crippen LogP contribution in [-0.2, 0) is 0 Å². The molecular formula is C17H26N2O2. The van der Waals surface area contributed by atoms with E-state index in [1.807, 2.05) is 0 Å². The van der Waals surface area contributed by atoms with Crippen molar-refractivity contribution < 1.29 is 9.90 Å². The minimum atomic E-state index is -0.196. The summed E-state index contributed by atoms with van der Waals surface area (Å²) in [5.41, 5.74) is 1.44. The molecule has 3 N–H and O–H groups in total. The zero-order chi connectivity index (χ0) is 15.1. The zero-order valence-corrected chi connectivity index (χ0v) is 12.7. The molecule has 2 rings (SSSR count). The van der Waals surface area contributed by atoms with E-state index in [-0.39, 0.29) is 18.7 Å². The minimum absolute atomic E-state index is 0.0321. The lowest BCUT2D eigenvalue weighted by atomic mass is 9.79. The van der Waals surface area contributed by atoms with E-state index < -0.39 is 0 Å². The van der Waals surface area contributed by atoms with E-state index in [9.17, 15) is 4.79 Å². The zero-order valence-electron chi connectivity index (χ0n) is 12.7. The third kappa shape index (κ3) is 5.05. The molecule has 1 saturated carbocycles. The Morgan fingerprint density at radius 1 is 1.24 bits per heavy atom. The van der Waals surface area contributed by atoms with E-state index >= 15 is 0 Å². The highest BCUT2D eigenvalue weighted by molar-refractivity contribution is 5.74. The number of rotatable bonds is 5. The van der Waals surface area contributed by atoms with Gasteiger partial charge in [0.1, 0.15) is 0 Å². The molecule has 0 aromatic heterocycles. The maximum absolute atomic E-state index is 11.6. The van der Waals surface area contributed by atoms with Crippen LogP contribution in [0.3, 0.4) is 0 Å². The normalized spacial score (nSPS) is 23.3. The lowest BCUT2D eigenvalue weighted by molar-refractivity contribution is 0.216. The summed E-state index contributed by atoms with van der Waals surface area (Å²) in [4.78, 5) is 11.6. The first kappa shape index (κ1) is 15.8. The van der Waals surface area contributed by atoms with Crippen LogP contribution >= 0.6 is 0 Å². The van der Waals surface area contributed by atoms with Crippen molar-refractivity contribution in [2.75, 3.05) is 13.2 Å². The largest absolute Gasteiger partial charge is 0.394 e. The van der Waals surface area contributed by atoms with Crippen molar-refractivity contribution in [3.8, 4) is 0 Å². The van der Waals surface area contributed by atoms with E-state index in [4.69, 9.17) is 5.11 Å². The van der Waals surface area contributed by atoms with Gasteiger partial charge in [-0.05, 0) is 50.0 Å². The number of urea groups is 1. The molecule has 0 heterocycles. The molecule has 1 aromatic carbocycles. The number of aliphatic hydroxyl groups is 1. The molecular weight excluding hydrogens is 264 g/mol. The van der Waals surface area contributed by atoms with Gasteiger partial charge in [0.15, 0.2) is 0 Å². The number of amides is 2. The highest BCUT2D eigenvalue weighted by atomic mass is 16.3. The van der Waals surface area contributed by atoms with Crippen LogP contribution in [0.4, 0.5) is 4.79 Å². The van der Waals surface area contributed by atoms with Crippen LogP contribution in [0.25, 0.3) is 0 Å². The Morgan fingerprint density at radius 2 is 1.90 bits per heavy atom. The average molecular weight is 290 g/mol. The summed E-state index contributed by atoms with van der Waals surface area (Å²) < 4.78 is 0. The monoisotopic (exact) mass is 290 g/mol. The van der Waals surface area contributed by atoms with Gasteiger partial charge >= 0.3 is 6.03 Å². The lowest BCUT2D eigenvalue weighted by Crippen LogP contribution is -2.44. The van der Waals surface area contributed by atoms with Gasteiger partial charge in [0.05, 0.1) is 12.6 Å². The standard InChI is InChI=1S/C17H26N2O2/c1-13(12-20)19-17(21)18-11-14-7-9-16(10-8-14)15-5-3-2-4-6-15/h2-6,13-14,16,20H,7-12H2,1H3,(H2,18,19,21). The molecule has 1 aliphatic carbocycles. The van der Waals surface area contributed by atoms with Gasteiger partial charge in [-0.2, -0.15) is 0 Å². The van der Waals surface area contributed by atoms with Crippen molar-refractivity contribution in [1.82, 2.24) is 10.6 Å². The fourth-order valence-electron chi connectivity index (χ4n) is 2.98. The van der Waals surface area contributed by atoms with E-state index in [1.54, 1.807) is 6.92 Å². The van der Waals surface area contributed by atoms with Crippen LogP contribution in [0, 0.1) is 5.92 Å². The van der Waals surface area contributed by atoms with E-state index in [0.29, 0.717) is 11.8 Å². The minimum Gasteiger partial charge on any atom is -0.394 e. The molecule has 21 heavy (non-hydrogen) atoms. The third-order valence-corrected chi connectivity index (χ3v) is 4.32. The Bertz CT molecular complexity index is 428. The Balaban J connectivity index is 1.69. The number of nitrogens with one attached hydrogen (secondary N) is 2. The fraction of sp³-hybridized carbons (Fsp3) is 0.588. The SMILES string of the molecule is CC(CO)NC(=O)NCC1CCC(c2ccccc2)CC1. The van der Waals surface area contributed by atoms with Crippen LogP contribution < -0.4 is 10.6 Å². The first-order valence-electron chi connectivity index (χ1n) is 7.89. The molecule has 1 aromatic rings. The van der Waals surface area contributed by atoms with Gasteiger partial charge in [-0.1, -0.05) is 30.3 Å². The van der Waals surface area contributed by atoms with Gasteiger partial charge in [-0.15, -0.1) is 0 Å². The van der Waals surface area contributed by atoms with Gasteiger partial charge in [-0.25, -0.2) is 4.79 Å². The molecule has 4 nitrogen and oxygen atoms in total. The number of benzene rings is 1. The van der Waals surface area contributed by atoms with Crippen LogP contribution in [0.5, 0.6) is 0 Å². The molecule has 4 heteroatoms. The lowest BCUT2D eigenvalue weighted by Gasteiger charge is -2.29. The van der Waals surface area contributed by atoms with Gasteiger partial charge in [0.25, 0.3) is 0 Å². The molecule has 0 radical (unpaired) electrons. The summed E-state index contributed by atoms with van der Waals surface area (Å²) in [7, 11) is 0. The highest BCUT2D eigenvalue weighted by Gasteiger charge is 2.22. The summed E-state index contributed by atoms with van der Waals surface area (Å²) >= 11 is 0. The quantitative estimate of drug-likeness (QED) is 0.780. The number of carbonyl (C=O) groups is 1. The predicted molar refractivity (Wildman–Crippen MR) is 84.2 cm³/mol. The van der Waals surface area contributed by atoms with Crippen molar-refractivity contribution in [3.05, 3.63) is 35.9 Å². The fourth-order valence-corrected chi connectivity index (χ4v) is 2.98. The van der Waals surface area contributed by atoms with Crippen molar-refractivity contribution >= 4 is 6.03 Å². The predicted octanol–water partition coefficient (Wildman–Crippen LogP) is 2.64. The van der Waals surface area contributed by atoms with Crippen molar-refractivity contribution in [2.45, 2.75) is 44.6 Å². The number of hydrogen-bond donors (Lipinski definition) is 3. The molecule has 0 spiro atoms. The first-order valence-corrected chi connectivity index (χ1v) is 7.89. The second kappa shape index (κ2) is 8.03. The number of aliphatic hydroxyl groups excluding tert-OH is 1. The Morgan fingerprint density at radius 3 is 2.52 bits per heavy atom. The van der Waals surface area contributed by atoms with Crippen LogP contribution in [0.2, 0.25) is 0 Å². The second-order valence-electron chi connectivity index (χ2n) is 6.07. The number of carbonyl (C=O) groups excluding carboxylic acids is 1. The van der Waals surface area contributed by atoms with E-state index in [0.717, 1.165) is 19.4 Å². The Labute approximate surface area is 126 Å².